The molecule has 3 N–H and O–H groups in total. The highest BCUT2D eigenvalue weighted by Crippen LogP contribution is 2.36. The van der Waals surface area contributed by atoms with Gasteiger partial charge in [-0.1, -0.05) is 0 Å². The Labute approximate surface area is 122 Å². The smallest absolute Gasteiger partial charge is 0.162 e. The van der Waals surface area contributed by atoms with Crippen LogP contribution >= 0.6 is 0 Å². The van der Waals surface area contributed by atoms with Crippen LogP contribution in [0.4, 0.5) is 0 Å². The van der Waals surface area contributed by atoms with E-state index in [1.807, 2.05) is 0 Å². The van der Waals surface area contributed by atoms with Gasteiger partial charge in [0.2, 0.25) is 0 Å². The Morgan fingerprint density at radius 2 is 2.14 bits per heavy atom. The molecule has 1 heterocycles. The lowest BCUT2D eigenvalue weighted by molar-refractivity contribution is -0.0638. The molecular weight excluding hydrogens is 272 g/mol. The topological polar surface area (TPSA) is 94.7 Å². The highest BCUT2D eigenvalue weighted by atomic mass is 16.5. The van der Waals surface area contributed by atoms with Crippen molar-refractivity contribution < 1.29 is 19.7 Å². The Morgan fingerprint density at radius 1 is 1.33 bits per heavy atom. The zero-order valence-corrected chi connectivity index (χ0v) is 11.6. The van der Waals surface area contributed by atoms with Crippen molar-refractivity contribution in [3.8, 4) is 17.6 Å². The zero-order chi connectivity index (χ0) is 14.9. The first-order valence-corrected chi connectivity index (χ1v) is 7.06. The Kier molecular flexibility index (Phi) is 3.72. The second kappa shape index (κ2) is 5.53. The molecule has 1 aliphatic heterocycles. The van der Waals surface area contributed by atoms with Crippen molar-refractivity contribution in [2.45, 2.75) is 30.7 Å². The van der Waals surface area contributed by atoms with Gasteiger partial charge in [-0.2, -0.15) is 5.26 Å². The number of aliphatic hydroxyl groups is 2. The number of hydrogen-bond donors (Lipinski definition) is 3. The Morgan fingerprint density at radius 3 is 2.81 bits per heavy atom. The molecular formula is C15H18N2O4. The van der Waals surface area contributed by atoms with E-state index in [0.29, 0.717) is 23.6 Å². The second-order valence-corrected chi connectivity index (χ2v) is 5.59. The maximum atomic E-state index is 10.3. The highest BCUT2D eigenvalue weighted by Gasteiger charge is 2.43. The molecule has 2 fully saturated rings. The van der Waals surface area contributed by atoms with E-state index in [0.717, 1.165) is 12.8 Å². The fourth-order valence-electron chi connectivity index (χ4n) is 2.32. The summed E-state index contributed by atoms with van der Waals surface area (Å²) in [6, 6.07) is 7.04. The van der Waals surface area contributed by atoms with Crippen LogP contribution in [0.25, 0.3) is 0 Å². The molecule has 0 spiro atoms. The van der Waals surface area contributed by atoms with E-state index >= 15 is 0 Å². The van der Waals surface area contributed by atoms with Gasteiger partial charge in [0.25, 0.3) is 0 Å². The van der Waals surface area contributed by atoms with Gasteiger partial charge in [-0.15, -0.1) is 0 Å². The summed E-state index contributed by atoms with van der Waals surface area (Å²) >= 11 is 0. The van der Waals surface area contributed by atoms with Crippen molar-refractivity contribution in [3.05, 3.63) is 23.8 Å². The van der Waals surface area contributed by atoms with E-state index in [1.165, 1.54) is 0 Å². The molecule has 1 saturated carbocycles. The van der Waals surface area contributed by atoms with Gasteiger partial charge >= 0.3 is 0 Å². The van der Waals surface area contributed by atoms with E-state index in [4.69, 9.17) is 14.7 Å². The monoisotopic (exact) mass is 290 g/mol. The molecule has 1 aromatic rings. The average molecular weight is 290 g/mol. The van der Waals surface area contributed by atoms with E-state index in [2.05, 4.69) is 11.4 Å². The predicted molar refractivity (Wildman–Crippen MR) is 74.1 cm³/mol. The molecule has 2 atom stereocenters. The molecule has 6 heteroatoms. The van der Waals surface area contributed by atoms with Crippen molar-refractivity contribution in [3.63, 3.8) is 0 Å². The van der Waals surface area contributed by atoms with Gasteiger partial charge < -0.3 is 25.0 Å². The number of benzene rings is 1. The summed E-state index contributed by atoms with van der Waals surface area (Å²) in [6.07, 6.45) is 1.63. The lowest BCUT2D eigenvalue weighted by Gasteiger charge is -2.28. The number of nitrogens with zero attached hydrogens (tertiary/aromatic N) is 1. The Hall–Kier alpha value is -1.81. The first-order valence-electron chi connectivity index (χ1n) is 7.06. The molecule has 6 nitrogen and oxygen atoms in total. The minimum Gasteiger partial charge on any atom is -0.486 e. The fraction of sp³-hybridized carbons (Fsp3) is 0.533. The molecule has 1 aromatic carbocycles. The molecule has 0 bridgehead atoms. The van der Waals surface area contributed by atoms with Crippen molar-refractivity contribution in [1.82, 2.24) is 5.32 Å². The molecule has 1 saturated heterocycles. The summed E-state index contributed by atoms with van der Waals surface area (Å²) in [6.45, 7) is 0.350. The summed E-state index contributed by atoms with van der Waals surface area (Å²) in [5, 5.41) is 31.6. The number of nitriles is 1. The number of aliphatic hydroxyl groups excluding tert-OH is 1. The number of β-amino-alcohol motifs (C(OH)–C–C–N with tert-alkyl or cyclic N) is 1. The quantitative estimate of drug-likeness (QED) is 0.716. The predicted octanol–water partition coefficient (Wildman–Crippen LogP) is 0.173. The van der Waals surface area contributed by atoms with Crippen LogP contribution in [-0.2, 0) is 0 Å². The van der Waals surface area contributed by atoms with E-state index in [9.17, 15) is 10.2 Å². The van der Waals surface area contributed by atoms with Crippen molar-refractivity contribution in [2.24, 2.45) is 0 Å². The molecule has 1 aliphatic carbocycles. The largest absolute Gasteiger partial charge is 0.486 e. The number of rotatable bonds is 5. The van der Waals surface area contributed by atoms with Crippen LogP contribution in [0.15, 0.2) is 18.2 Å². The Bertz CT molecular complexity index is 567. The van der Waals surface area contributed by atoms with Gasteiger partial charge in [-0.25, -0.2) is 0 Å². The molecule has 2 aliphatic rings. The highest BCUT2D eigenvalue weighted by molar-refractivity contribution is 5.47. The van der Waals surface area contributed by atoms with E-state index < -0.39 is 11.7 Å². The van der Waals surface area contributed by atoms with Gasteiger partial charge in [0.15, 0.2) is 11.5 Å². The SMILES string of the molecule is N#Cc1ccc(O[C@H]2CNC[C@@]2(O)CO)c(OC2CC2)c1. The normalized spacial score (nSPS) is 28.1. The van der Waals surface area contributed by atoms with Crippen molar-refractivity contribution in [1.29, 1.82) is 5.26 Å². The average Bonchev–Trinajstić information content (AvgIpc) is 3.24. The molecule has 21 heavy (non-hydrogen) atoms. The lowest BCUT2D eigenvalue weighted by atomic mass is 10.0. The van der Waals surface area contributed by atoms with Crippen LogP contribution in [0, 0.1) is 11.3 Å². The summed E-state index contributed by atoms with van der Waals surface area (Å²) < 4.78 is 11.6. The van der Waals surface area contributed by atoms with Gasteiger partial charge in [0.05, 0.1) is 24.3 Å². The minimum absolute atomic E-state index is 0.180. The van der Waals surface area contributed by atoms with Crippen LogP contribution in [0.3, 0.4) is 0 Å². The molecule has 0 radical (unpaired) electrons. The summed E-state index contributed by atoms with van der Waals surface area (Å²) in [7, 11) is 0. The molecule has 112 valence electrons. The zero-order valence-electron chi connectivity index (χ0n) is 11.6. The van der Waals surface area contributed by atoms with E-state index in [-0.39, 0.29) is 19.3 Å². The third kappa shape index (κ3) is 2.95. The summed E-state index contributed by atoms with van der Waals surface area (Å²) in [4.78, 5) is 0. The lowest BCUT2D eigenvalue weighted by Crippen LogP contribution is -2.48. The summed E-state index contributed by atoms with van der Waals surface area (Å²) in [5.74, 6) is 1.00. The third-order valence-corrected chi connectivity index (χ3v) is 3.79. The van der Waals surface area contributed by atoms with Crippen LogP contribution < -0.4 is 14.8 Å². The minimum atomic E-state index is -1.30. The number of hydrogen-bond acceptors (Lipinski definition) is 6. The second-order valence-electron chi connectivity index (χ2n) is 5.59. The first-order chi connectivity index (χ1) is 10.1. The molecule has 3 rings (SSSR count). The number of ether oxygens (including phenoxy) is 2. The van der Waals surface area contributed by atoms with Crippen LogP contribution in [-0.4, -0.2) is 47.7 Å². The van der Waals surface area contributed by atoms with Crippen molar-refractivity contribution in [2.75, 3.05) is 19.7 Å². The first kappa shape index (κ1) is 14.1. The fourth-order valence-corrected chi connectivity index (χ4v) is 2.32. The maximum Gasteiger partial charge on any atom is 0.162 e. The van der Waals surface area contributed by atoms with Gasteiger partial charge in [-0.05, 0) is 25.0 Å². The van der Waals surface area contributed by atoms with Gasteiger partial charge in [0.1, 0.15) is 11.7 Å². The van der Waals surface area contributed by atoms with Gasteiger partial charge in [-0.3, -0.25) is 0 Å². The molecule has 0 amide bonds. The van der Waals surface area contributed by atoms with Crippen molar-refractivity contribution >= 4 is 0 Å². The van der Waals surface area contributed by atoms with E-state index in [1.54, 1.807) is 18.2 Å². The van der Waals surface area contributed by atoms with Gasteiger partial charge in [0, 0.05) is 19.2 Å². The molecule has 0 unspecified atom stereocenters. The number of nitrogens with one attached hydrogen (secondary N) is 1. The Balaban J connectivity index is 1.82. The standard InChI is InChI=1S/C15H18N2O4/c16-6-10-1-4-12(13(5-10)20-11-2-3-11)21-14-7-17-8-15(14,19)9-18/h1,4-5,11,14,17-19H,2-3,7-9H2/t14-,15+/m0/s1. The maximum absolute atomic E-state index is 10.3. The summed E-state index contributed by atoms with van der Waals surface area (Å²) in [5.41, 5.74) is -0.801. The molecule has 0 aromatic heterocycles. The van der Waals surface area contributed by atoms with Crippen LogP contribution in [0.2, 0.25) is 0 Å². The third-order valence-electron chi connectivity index (χ3n) is 3.79. The van der Waals surface area contributed by atoms with Crippen LogP contribution in [0.1, 0.15) is 18.4 Å². The van der Waals surface area contributed by atoms with Crippen LogP contribution in [0.5, 0.6) is 11.5 Å².